The van der Waals surface area contributed by atoms with Gasteiger partial charge in [0.2, 0.25) is 0 Å². The van der Waals surface area contributed by atoms with Gasteiger partial charge in [-0.25, -0.2) is 0 Å². The van der Waals surface area contributed by atoms with E-state index in [0.717, 1.165) is 22.2 Å². The lowest BCUT2D eigenvalue weighted by atomic mass is 9.87. The van der Waals surface area contributed by atoms with E-state index in [9.17, 15) is 5.11 Å². The van der Waals surface area contributed by atoms with Gasteiger partial charge in [0.05, 0.1) is 11.2 Å². The van der Waals surface area contributed by atoms with E-state index in [0.29, 0.717) is 6.42 Å². The number of benzene rings is 3. The molecule has 4 aromatic rings. The van der Waals surface area contributed by atoms with Crippen molar-refractivity contribution in [1.29, 1.82) is 0 Å². The molecule has 1 unspecified atom stereocenters. The van der Waals surface area contributed by atoms with Crippen molar-refractivity contribution in [2.24, 2.45) is 0 Å². The molecule has 0 bridgehead atoms. The van der Waals surface area contributed by atoms with Crippen LogP contribution in [0, 0.1) is 0 Å². The summed E-state index contributed by atoms with van der Waals surface area (Å²) in [5.74, 6) is 0. The van der Waals surface area contributed by atoms with Crippen LogP contribution in [0.4, 0.5) is 0 Å². The Morgan fingerprint density at radius 3 is 2.38 bits per heavy atom. The highest BCUT2D eigenvalue weighted by atomic mass is 16.3. The quantitative estimate of drug-likeness (QED) is 0.548. The SMILES string of the molecule is OC1(c2ccccc2)Cc2ccccc2-c2cc3ccccc3n21. The summed E-state index contributed by atoms with van der Waals surface area (Å²) in [5, 5.41) is 12.9. The zero-order valence-corrected chi connectivity index (χ0v) is 13.2. The fourth-order valence-corrected chi connectivity index (χ4v) is 3.96. The molecule has 1 aromatic heterocycles. The minimum absolute atomic E-state index is 0.568. The number of hydrogen-bond acceptors (Lipinski definition) is 1. The summed E-state index contributed by atoms with van der Waals surface area (Å²) in [6.45, 7) is 0. The van der Waals surface area contributed by atoms with E-state index in [1.165, 1.54) is 11.1 Å². The Hall–Kier alpha value is -2.84. The first-order valence-corrected chi connectivity index (χ1v) is 8.24. The zero-order valence-electron chi connectivity index (χ0n) is 13.2. The first-order valence-electron chi connectivity index (χ1n) is 8.24. The van der Waals surface area contributed by atoms with Gasteiger partial charge in [-0.05, 0) is 17.7 Å². The average molecular weight is 311 g/mol. The third-order valence-corrected chi connectivity index (χ3v) is 5.05. The molecule has 5 rings (SSSR count). The average Bonchev–Trinajstić information content (AvgIpc) is 3.03. The molecule has 0 spiro atoms. The molecule has 0 radical (unpaired) electrons. The van der Waals surface area contributed by atoms with Crippen molar-refractivity contribution in [2.75, 3.05) is 0 Å². The summed E-state index contributed by atoms with van der Waals surface area (Å²) in [5.41, 5.74) is 4.36. The van der Waals surface area contributed by atoms with Crippen LogP contribution in [0.15, 0.2) is 84.9 Å². The Morgan fingerprint density at radius 1 is 0.792 bits per heavy atom. The minimum Gasteiger partial charge on any atom is -0.366 e. The summed E-state index contributed by atoms with van der Waals surface area (Å²) in [7, 11) is 0. The van der Waals surface area contributed by atoms with Gasteiger partial charge in [-0.2, -0.15) is 0 Å². The van der Waals surface area contributed by atoms with Crippen LogP contribution in [0.2, 0.25) is 0 Å². The molecule has 2 nitrogen and oxygen atoms in total. The molecule has 0 saturated carbocycles. The minimum atomic E-state index is -1.08. The second-order valence-corrected chi connectivity index (χ2v) is 6.44. The van der Waals surface area contributed by atoms with Gasteiger partial charge in [0.1, 0.15) is 0 Å². The fourth-order valence-electron chi connectivity index (χ4n) is 3.96. The van der Waals surface area contributed by atoms with Crippen LogP contribution in [-0.4, -0.2) is 9.67 Å². The molecule has 0 amide bonds. The molecule has 116 valence electrons. The van der Waals surface area contributed by atoms with E-state index in [-0.39, 0.29) is 0 Å². The van der Waals surface area contributed by atoms with Crippen LogP contribution in [-0.2, 0) is 12.1 Å². The van der Waals surface area contributed by atoms with Crippen molar-refractivity contribution >= 4 is 10.9 Å². The predicted molar refractivity (Wildman–Crippen MR) is 96.8 cm³/mol. The van der Waals surface area contributed by atoms with Crippen molar-refractivity contribution in [2.45, 2.75) is 12.1 Å². The fraction of sp³-hybridized carbons (Fsp3) is 0.0909. The number of rotatable bonds is 1. The standard InChI is InChI=1S/C22H17NO/c24-22(18-10-2-1-3-11-18)15-17-9-4-6-12-19(17)21-14-16-8-5-7-13-20(16)23(21)22/h1-14,24H,15H2. The van der Waals surface area contributed by atoms with Crippen molar-refractivity contribution in [3.63, 3.8) is 0 Å². The van der Waals surface area contributed by atoms with E-state index in [1.807, 2.05) is 48.5 Å². The maximum atomic E-state index is 11.8. The molecule has 1 N–H and O–H groups in total. The lowest BCUT2D eigenvalue weighted by molar-refractivity contribution is 0.00889. The van der Waals surface area contributed by atoms with Crippen LogP contribution in [0.25, 0.3) is 22.2 Å². The van der Waals surface area contributed by atoms with Crippen LogP contribution in [0.5, 0.6) is 0 Å². The maximum Gasteiger partial charge on any atom is 0.172 e. The second kappa shape index (κ2) is 4.83. The van der Waals surface area contributed by atoms with Gasteiger partial charge in [-0.15, -0.1) is 0 Å². The van der Waals surface area contributed by atoms with Crippen LogP contribution in [0.3, 0.4) is 0 Å². The number of aliphatic hydroxyl groups is 1. The highest BCUT2D eigenvalue weighted by Crippen LogP contribution is 2.43. The molecule has 1 aliphatic rings. The van der Waals surface area contributed by atoms with E-state index < -0.39 is 5.72 Å². The third-order valence-electron chi connectivity index (χ3n) is 5.05. The lowest BCUT2D eigenvalue weighted by Crippen LogP contribution is -2.40. The molecular formula is C22H17NO. The van der Waals surface area contributed by atoms with Gasteiger partial charge in [0, 0.05) is 22.9 Å². The molecular weight excluding hydrogens is 294 g/mol. The summed E-state index contributed by atoms with van der Waals surface area (Å²) in [6, 6.07) is 28.8. The van der Waals surface area contributed by atoms with Gasteiger partial charge >= 0.3 is 0 Å². The Morgan fingerprint density at radius 2 is 1.50 bits per heavy atom. The second-order valence-electron chi connectivity index (χ2n) is 6.44. The maximum absolute atomic E-state index is 11.8. The van der Waals surface area contributed by atoms with Crippen LogP contribution < -0.4 is 0 Å². The molecule has 24 heavy (non-hydrogen) atoms. The topological polar surface area (TPSA) is 25.2 Å². The molecule has 1 aliphatic heterocycles. The predicted octanol–water partition coefficient (Wildman–Crippen LogP) is 4.56. The third kappa shape index (κ3) is 1.75. The Balaban J connectivity index is 1.91. The number of nitrogens with zero attached hydrogens (tertiary/aromatic N) is 1. The van der Waals surface area contributed by atoms with E-state index in [2.05, 4.69) is 41.0 Å². The molecule has 0 saturated heterocycles. The highest BCUT2D eigenvalue weighted by Gasteiger charge is 2.39. The van der Waals surface area contributed by atoms with Crippen molar-refractivity contribution in [3.05, 3.63) is 96.1 Å². The first-order chi connectivity index (χ1) is 11.8. The van der Waals surface area contributed by atoms with Crippen molar-refractivity contribution in [1.82, 2.24) is 4.57 Å². The summed E-state index contributed by atoms with van der Waals surface area (Å²) >= 11 is 0. The Kier molecular flexibility index (Phi) is 2.73. The van der Waals surface area contributed by atoms with E-state index >= 15 is 0 Å². The number of para-hydroxylation sites is 1. The van der Waals surface area contributed by atoms with Gasteiger partial charge in [-0.3, -0.25) is 0 Å². The summed E-state index contributed by atoms with van der Waals surface area (Å²) in [4.78, 5) is 0. The van der Waals surface area contributed by atoms with Gasteiger partial charge < -0.3 is 9.67 Å². The molecule has 0 aliphatic carbocycles. The number of aromatic nitrogens is 1. The van der Waals surface area contributed by atoms with Crippen molar-refractivity contribution < 1.29 is 5.11 Å². The zero-order chi connectivity index (χ0) is 16.1. The summed E-state index contributed by atoms with van der Waals surface area (Å²) < 4.78 is 2.10. The monoisotopic (exact) mass is 311 g/mol. The van der Waals surface area contributed by atoms with Gasteiger partial charge in [0.15, 0.2) is 5.72 Å². The number of fused-ring (bicyclic) bond motifs is 5. The van der Waals surface area contributed by atoms with E-state index in [1.54, 1.807) is 0 Å². The van der Waals surface area contributed by atoms with Crippen LogP contribution in [0.1, 0.15) is 11.1 Å². The molecule has 1 atom stereocenters. The van der Waals surface area contributed by atoms with E-state index in [4.69, 9.17) is 0 Å². The van der Waals surface area contributed by atoms with Gasteiger partial charge in [-0.1, -0.05) is 72.8 Å². The molecule has 2 heterocycles. The Labute approximate surface area is 140 Å². The first kappa shape index (κ1) is 13.6. The van der Waals surface area contributed by atoms with Crippen molar-refractivity contribution in [3.8, 4) is 11.3 Å². The molecule has 0 fully saturated rings. The molecule has 3 aromatic carbocycles. The highest BCUT2D eigenvalue weighted by molar-refractivity contribution is 5.89. The Bertz CT molecular complexity index is 1050. The normalized spacial score (nSPS) is 19.0. The largest absolute Gasteiger partial charge is 0.366 e. The summed E-state index contributed by atoms with van der Waals surface area (Å²) in [6.07, 6.45) is 0.568. The number of hydrogen-bond donors (Lipinski definition) is 1. The van der Waals surface area contributed by atoms with Crippen LogP contribution >= 0.6 is 0 Å². The smallest absolute Gasteiger partial charge is 0.172 e. The molecule has 2 heteroatoms. The lowest BCUT2D eigenvalue weighted by Gasteiger charge is -2.37. The van der Waals surface area contributed by atoms with Gasteiger partial charge in [0.25, 0.3) is 0 Å².